The molecule has 0 aromatic heterocycles. The summed E-state index contributed by atoms with van der Waals surface area (Å²) < 4.78 is 9.79. The maximum atomic E-state index is 11.3. The van der Waals surface area contributed by atoms with Crippen LogP contribution in [0.1, 0.15) is 17.5 Å². The van der Waals surface area contributed by atoms with Crippen molar-refractivity contribution in [1.82, 2.24) is 0 Å². The normalized spacial score (nSPS) is 10.4. The summed E-state index contributed by atoms with van der Waals surface area (Å²) in [6.07, 6.45) is 0.432. The highest BCUT2D eigenvalue weighted by molar-refractivity contribution is 7.99. The number of thioether (sulfide) groups is 1. The lowest BCUT2D eigenvalue weighted by Crippen LogP contribution is -2.10. The minimum atomic E-state index is -0.164. The van der Waals surface area contributed by atoms with Crippen molar-refractivity contribution in [2.45, 2.75) is 25.2 Å². The van der Waals surface area contributed by atoms with E-state index in [-0.39, 0.29) is 5.97 Å². The number of esters is 1. The van der Waals surface area contributed by atoms with E-state index >= 15 is 0 Å². The number of aryl methyl sites for hydroxylation is 2. The van der Waals surface area contributed by atoms with Crippen LogP contribution in [-0.2, 0) is 14.3 Å². The molecule has 0 aliphatic rings. The van der Waals surface area contributed by atoms with Gasteiger partial charge in [0.2, 0.25) is 0 Å². The molecule has 3 nitrogen and oxygen atoms in total. The first-order valence-electron chi connectivity index (χ1n) is 5.98. The highest BCUT2D eigenvalue weighted by atomic mass is 32.2. The van der Waals surface area contributed by atoms with Crippen LogP contribution in [0, 0.1) is 13.8 Å². The second-order valence-electron chi connectivity index (χ2n) is 4.06. The highest BCUT2D eigenvalue weighted by Crippen LogP contribution is 2.21. The molecule has 1 aromatic rings. The Kier molecular flexibility index (Phi) is 6.83. The molecule has 0 fully saturated rings. The molecule has 0 heterocycles. The lowest BCUT2D eigenvalue weighted by molar-refractivity contribution is -0.144. The Labute approximate surface area is 113 Å². The summed E-state index contributed by atoms with van der Waals surface area (Å²) in [5.41, 5.74) is 2.57. The number of carbonyl (C=O) groups excluding carboxylic acids is 1. The standard InChI is InChI=1S/C14H20O3S/c1-11-4-5-13(10-12(11)2)18-9-6-14(15)17-8-7-16-3/h4-5,10H,6-9H2,1-3H3. The van der Waals surface area contributed by atoms with E-state index in [2.05, 4.69) is 32.0 Å². The summed E-state index contributed by atoms with van der Waals surface area (Å²) in [5, 5.41) is 0. The minimum absolute atomic E-state index is 0.164. The molecule has 0 amide bonds. The van der Waals surface area contributed by atoms with Gasteiger partial charge in [-0.2, -0.15) is 0 Å². The maximum Gasteiger partial charge on any atom is 0.306 e. The van der Waals surface area contributed by atoms with Gasteiger partial charge in [-0.3, -0.25) is 4.79 Å². The molecule has 0 spiro atoms. The number of hydrogen-bond acceptors (Lipinski definition) is 4. The third-order valence-electron chi connectivity index (χ3n) is 2.60. The van der Waals surface area contributed by atoms with Gasteiger partial charge in [0.25, 0.3) is 0 Å². The SMILES string of the molecule is COCCOC(=O)CCSc1ccc(C)c(C)c1. The van der Waals surface area contributed by atoms with Crippen LogP contribution in [0.4, 0.5) is 0 Å². The average Bonchev–Trinajstić information content (AvgIpc) is 2.34. The van der Waals surface area contributed by atoms with Crippen molar-refractivity contribution in [3.63, 3.8) is 0 Å². The summed E-state index contributed by atoms with van der Waals surface area (Å²) in [6, 6.07) is 6.34. The van der Waals surface area contributed by atoms with Crippen molar-refractivity contribution in [3.05, 3.63) is 29.3 Å². The van der Waals surface area contributed by atoms with Gasteiger partial charge in [-0.05, 0) is 37.1 Å². The Morgan fingerprint density at radius 1 is 1.22 bits per heavy atom. The summed E-state index contributed by atoms with van der Waals surface area (Å²) in [5.74, 6) is 0.581. The molecule has 100 valence electrons. The number of methoxy groups -OCH3 is 1. The predicted octanol–water partition coefficient (Wildman–Crippen LogP) is 2.98. The van der Waals surface area contributed by atoms with Crippen LogP contribution >= 0.6 is 11.8 Å². The van der Waals surface area contributed by atoms with Gasteiger partial charge in [0.15, 0.2) is 0 Å². The third kappa shape index (κ3) is 5.56. The fourth-order valence-electron chi connectivity index (χ4n) is 1.37. The van der Waals surface area contributed by atoms with E-state index in [0.717, 1.165) is 5.75 Å². The highest BCUT2D eigenvalue weighted by Gasteiger charge is 2.03. The Hall–Kier alpha value is -1.00. The van der Waals surface area contributed by atoms with Gasteiger partial charge in [0, 0.05) is 17.8 Å². The van der Waals surface area contributed by atoms with E-state index in [1.165, 1.54) is 16.0 Å². The van der Waals surface area contributed by atoms with Gasteiger partial charge < -0.3 is 9.47 Å². The van der Waals surface area contributed by atoms with Crippen LogP contribution in [0.3, 0.4) is 0 Å². The zero-order chi connectivity index (χ0) is 13.4. The van der Waals surface area contributed by atoms with Gasteiger partial charge in [0.05, 0.1) is 13.0 Å². The molecule has 0 unspecified atom stereocenters. The largest absolute Gasteiger partial charge is 0.463 e. The van der Waals surface area contributed by atoms with Crippen LogP contribution < -0.4 is 0 Å². The molecule has 4 heteroatoms. The summed E-state index contributed by atoms with van der Waals surface area (Å²) in [7, 11) is 1.59. The number of hydrogen-bond donors (Lipinski definition) is 0. The first-order chi connectivity index (χ1) is 8.63. The minimum Gasteiger partial charge on any atom is -0.463 e. The molecule has 0 aliphatic heterocycles. The molecule has 1 aromatic carbocycles. The van der Waals surface area contributed by atoms with Gasteiger partial charge in [-0.15, -0.1) is 11.8 Å². The van der Waals surface area contributed by atoms with E-state index in [4.69, 9.17) is 9.47 Å². The topological polar surface area (TPSA) is 35.5 Å². The predicted molar refractivity (Wildman–Crippen MR) is 74.1 cm³/mol. The van der Waals surface area contributed by atoms with Gasteiger partial charge in [-0.25, -0.2) is 0 Å². The number of carbonyl (C=O) groups is 1. The average molecular weight is 268 g/mol. The molecule has 0 N–H and O–H groups in total. The van der Waals surface area contributed by atoms with Crippen molar-refractivity contribution < 1.29 is 14.3 Å². The van der Waals surface area contributed by atoms with Crippen molar-refractivity contribution in [3.8, 4) is 0 Å². The van der Waals surface area contributed by atoms with Crippen LogP contribution in [0.15, 0.2) is 23.1 Å². The third-order valence-corrected chi connectivity index (χ3v) is 3.60. The summed E-state index contributed by atoms with van der Waals surface area (Å²) in [6.45, 7) is 4.98. The molecule has 0 saturated heterocycles. The second kappa shape index (κ2) is 8.16. The summed E-state index contributed by atoms with van der Waals surface area (Å²) >= 11 is 1.68. The maximum absolute atomic E-state index is 11.3. The smallest absolute Gasteiger partial charge is 0.306 e. The van der Waals surface area contributed by atoms with Crippen LogP contribution in [-0.4, -0.2) is 32.0 Å². The summed E-state index contributed by atoms with van der Waals surface area (Å²) in [4.78, 5) is 12.5. The van der Waals surface area contributed by atoms with Gasteiger partial charge >= 0.3 is 5.97 Å². The number of ether oxygens (including phenoxy) is 2. The van der Waals surface area contributed by atoms with Crippen LogP contribution in [0.2, 0.25) is 0 Å². The molecular weight excluding hydrogens is 248 g/mol. The first-order valence-corrected chi connectivity index (χ1v) is 6.96. The quantitative estimate of drug-likeness (QED) is 0.433. The van der Waals surface area contributed by atoms with Crippen molar-refractivity contribution in [1.29, 1.82) is 0 Å². The van der Waals surface area contributed by atoms with E-state index in [1.54, 1.807) is 18.9 Å². The molecule has 1 rings (SSSR count). The van der Waals surface area contributed by atoms with Crippen molar-refractivity contribution in [2.24, 2.45) is 0 Å². The molecule has 0 bridgehead atoms. The zero-order valence-electron chi connectivity index (χ0n) is 11.2. The Bertz CT molecular complexity index is 391. The second-order valence-corrected chi connectivity index (χ2v) is 5.23. The Balaban J connectivity index is 2.24. The van der Waals surface area contributed by atoms with E-state index in [0.29, 0.717) is 19.6 Å². The first kappa shape index (κ1) is 15.1. The fraction of sp³-hybridized carbons (Fsp3) is 0.500. The number of rotatable bonds is 7. The molecule has 0 saturated carbocycles. The van der Waals surface area contributed by atoms with Gasteiger partial charge in [0.1, 0.15) is 6.61 Å². The van der Waals surface area contributed by atoms with Crippen molar-refractivity contribution >= 4 is 17.7 Å². The monoisotopic (exact) mass is 268 g/mol. The molecule has 0 atom stereocenters. The van der Waals surface area contributed by atoms with E-state index < -0.39 is 0 Å². The number of benzene rings is 1. The molecule has 18 heavy (non-hydrogen) atoms. The van der Waals surface area contributed by atoms with Gasteiger partial charge in [-0.1, -0.05) is 6.07 Å². The fourth-order valence-corrected chi connectivity index (χ4v) is 2.30. The Morgan fingerprint density at radius 2 is 2.00 bits per heavy atom. The molecular formula is C14H20O3S. The van der Waals surface area contributed by atoms with E-state index in [1.807, 2.05) is 0 Å². The van der Waals surface area contributed by atoms with Crippen LogP contribution in [0.5, 0.6) is 0 Å². The lowest BCUT2D eigenvalue weighted by atomic mass is 10.1. The molecule has 0 radical (unpaired) electrons. The van der Waals surface area contributed by atoms with Crippen molar-refractivity contribution in [2.75, 3.05) is 26.1 Å². The zero-order valence-corrected chi connectivity index (χ0v) is 12.0. The molecule has 0 aliphatic carbocycles. The van der Waals surface area contributed by atoms with Crippen LogP contribution in [0.25, 0.3) is 0 Å². The Morgan fingerprint density at radius 3 is 2.67 bits per heavy atom. The van der Waals surface area contributed by atoms with E-state index in [9.17, 15) is 4.79 Å². The lowest BCUT2D eigenvalue weighted by Gasteiger charge is -2.06.